The maximum atomic E-state index is 12.1. The molecule has 0 saturated carbocycles. The zero-order valence-corrected chi connectivity index (χ0v) is 16.1. The number of anilines is 2. The Balaban J connectivity index is 1.47. The van der Waals surface area contributed by atoms with Crippen LogP contribution in [0.5, 0.6) is 11.5 Å². The van der Waals surface area contributed by atoms with Gasteiger partial charge >= 0.3 is 5.97 Å². The van der Waals surface area contributed by atoms with Gasteiger partial charge in [0.2, 0.25) is 5.91 Å². The molecule has 0 saturated heterocycles. The maximum Gasteiger partial charge on any atom is 0.338 e. The molecule has 0 fully saturated rings. The van der Waals surface area contributed by atoms with Gasteiger partial charge < -0.3 is 20.1 Å². The molecule has 0 unspecified atom stereocenters. The van der Waals surface area contributed by atoms with Crippen LogP contribution in [0.3, 0.4) is 0 Å². The van der Waals surface area contributed by atoms with Gasteiger partial charge in [-0.05, 0) is 67.6 Å². The first-order chi connectivity index (χ1) is 14.1. The average molecular weight is 390 g/mol. The van der Waals surface area contributed by atoms with E-state index in [1.807, 2.05) is 30.3 Å². The van der Waals surface area contributed by atoms with Gasteiger partial charge in [0.25, 0.3) is 0 Å². The number of esters is 1. The summed E-state index contributed by atoms with van der Waals surface area (Å²) in [6.45, 7) is 2.19. The fourth-order valence-corrected chi connectivity index (χ4v) is 2.56. The maximum absolute atomic E-state index is 12.1. The molecular weight excluding hydrogens is 368 g/mol. The van der Waals surface area contributed by atoms with Crippen LogP contribution in [0.15, 0.2) is 78.9 Å². The van der Waals surface area contributed by atoms with Gasteiger partial charge in [0.05, 0.1) is 18.7 Å². The van der Waals surface area contributed by atoms with E-state index in [4.69, 9.17) is 9.47 Å². The molecule has 3 aromatic rings. The highest BCUT2D eigenvalue weighted by Gasteiger charge is 2.07. The third-order valence-corrected chi connectivity index (χ3v) is 3.97. The number of carbonyl (C=O) groups is 2. The zero-order valence-electron chi connectivity index (χ0n) is 16.1. The highest BCUT2D eigenvalue weighted by atomic mass is 16.5. The number of hydrogen-bond acceptors (Lipinski definition) is 5. The van der Waals surface area contributed by atoms with Crippen molar-refractivity contribution in [3.63, 3.8) is 0 Å². The lowest BCUT2D eigenvalue weighted by molar-refractivity contribution is -0.114. The van der Waals surface area contributed by atoms with Gasteiger partial charge in [-0.25, -0.2) is 4.79 Å². The molecule has 1 amide bonds. The van der Waals surface area contributed by atoms with Crippen LogP contribution in [-0.2, 0) is 9.53 Å². The number of carbonyl (C=O) groups excluding carboxylic acids is 2. The van der Waals surface area contributed by atoms with Gasteiger partial charge in [0.15, 0.2) is 0 Å². The minimum atomic E-state index is -0.364. The van der Waals surface area contributed by atoms with Crippen molar-refractivity contribution < 1.29 is 19.1 Å². The monoisotopic (exact) mass is 390 g/mol. The SMILES string of the molecule is CCOC(=O)c1ccc(NCC(=O)Nc2ccc(Oc3ccccc3)cc2)cc1. The molecule has 0 aliphatic carbocycles. The van der Waals surface area contributed by atoms with Gasteiger partial charge in [-0.1, -0.05) is 18.2 Å². The number of para-hydroxylation sites is 1. The minimum Gasteiger partial charge on any atom is -0.462 e. The standard InChI is InChI=1S/C23H22N2O4/c1-2-28-23(27)17-8-10-18(11-9-17)24-16-22(26)25-19-12-14-21(15-13-19)29-20-6-4-3-5-7-20/h3-15,24H,2,16H2,1H3,(H,25,26). The highest BCUT2D eigenvalue weighted by Crippen LogP contribution is 2.22. The van der Waals surface area contributed by atoms with E-state index in [2.05, 4.69) is 10.6 Å². The summed E-state index contributed by atoms with van der Waals surface area (Å²) in [5.41, 5.74) is 1.88. The van der Waals surface area contributed by atoms with Crippen LogP contribution in [0.25, 0.3) is 0 Å². The average Bonchev–Trinajstić information content (AvgIpc) is 2.75. The second kappa shape index (κ2) is 9.94. The second-order valence-corrected chi connectivity index (χ2v) is 6.14. The molecule has 0 atom stereocenters. The van der Waals surface area contributed by atoms with Crippen molar-refractivity contribution in [2.24, 2.45) is 0 Å². The van der Waals surface area contributed by atoms with E-state index in [0.29, 0.717) is 23.6 Å². The fourth-order valence-electron chi connectivity index (χ4n) is 2.56. The molecule has 3 rings (SSSR count). The summed E-state index contributed by atoms with van der Waals surface area (Å²) < 4.78 is 10.7. The van der Waals surface area contributed by atoms with Crippen LogP contribution in [0.1, 0.15) is 17.3 Å². The number of ether oxygens (including phenoxy) is 2. The molecule has 0 spiro atoms. The van der Waals surface area contributed by atoms with Crippen molar-refractivity contribution in [1.82, 2.24) is 0 Å². The molecular formula is C23H22N2O4. The zero-order chi connectivity index (χ0) is 20.5. The fraction of sp³-hybridized carbons (Fsp3) is 0.130. The molecule has 0 aliphatic heterocycles. The van der Waals surface area contributed by atoms with Crippen LogP contribution in [0.2, 0.25) is 0 Å². The third-order valence-electron chi connectivity index (χ3n) is 3.97. The van der Waals surface area contributed by atoms with Crippen LogP contribution in [-0.4, -0.2) is 25.0 Å². The summed E-state index contributed by atoms with van der Waals surface area (Å²) in [6, 6.07) is 23.4. The Bertz CT molecular complexity index is 939. The first-order valence-electron chi connectivity index (χ1n) is 9.28. The lowest BCUT2D eigenvalue weighted by Crippen LogP contribution is -2.21. The first-order valence-corrected chi connectivity index (χ1v) is 9.28. The summed E-state index contributed by atoms with van der Waals surface area (Å²) in [6.07, 6.45) is 0. The Morgan fingerprint density at radius 1 is 0.793 bits per heavy atom. The molecule has 0 radical (unpaired) electrons. The van der Waals surface area contributed by atoms with Gasteiger partial charge in [0.1, 0.15) is 11.5 Å². The summed E-state index contributed by atoms with van der Waals surface area (Å²) >= 11 is 0. The Hall–Kier alpha value is -3.80. The molecule has 6 nitrogen and oxygen atoms in total. The van der Waals surface area contributed by atoms with Gasteiger partial charge in [-0.15, -0.1) is 0 Å². The summed E-state index contributed by atoms with van der Waals surface area (Å²) in [4.78, 5) is 23.8. The number of benzene rings is 3. The van der Waals surface area contributed by atoms with E-state index >= 15 is 0 Å². The Morgan fingerprint density at radius 2 is 1.41 bits per heavy atom. The number of amides is 1. The van der Waals surface area contributed by atoms with E-state index in [-0.39, 0.29) is 18.4 Å². The predicted octanol–water partition coefficient (Wildman–Crippen LogP) is 4.71. The third kappa shape index (κ3) is 6.10. The van der Waals surface area contributed by atoms with Crippen LogP contribution in [0.4, 0.5) is 11.4 Å². The Morgan fingerprint density at radius 3 is 2.07 bits per heavy atom. The molecule has 0 aliphatic rings. The predicted molar refractivity (Wildman–Crippen MR) is 112 cm³/mol. The molecule has 2 N–H and O–H groups in total. The van der Waals surface area contributed by atoms with E-state index in [9.17, 15) is 9.59 Å². The molecule has 3 aromatic carbocycles. The van der Waals surface area contributed by atoms with E-state index in [0.717, 1.165) is 11.4 Å². The summed E-state index contributed by atoms with van der Waals surface area (Å²) in [5.74, 6) is 0.893. The van der Waals surface area contributed by atoms with Gasteiger partial charge in [-0.3, -0.25) is 4.79 Å². The number of nitrogens with one attached hydrogen (secondary N) is 2. The smallest absolute Gasteiger partial charge is 0.338 e. The van der Waals surface area contributed by atoms with Crippen molar-refractivity contribution in [1.29, 1.82) is 0 Å². The Labute approximate surface area is 169 Å². The molecule has 148 valence electrons. The van der Waals surface area contributed by atoms with Crippen LogP contribution in [0, 0.1) is 0 Å². The van der Waals surface area contributed by atoms with Crippen molar-refractivity contribution in [3.8, 4) is 11.5 Å². The molecule has 6 heteroatoms. The van der Waals surface area contributed by atoms with Gasteiger partial charge in [0, 0.05) is 11.4 Å². The van der Waals surface area contributed by atoms with Crippen LogP contribution < -0.4 is 15.4 Å². The van der Waals surface area contributed by atoms with Crippen molar-refractivity contribution in [2.45, 2.75) is 6.92 Å². The largest absolute Gasteiger partial charge is 0.462 e. The molecule has 0 bridgehead atoms. The number of hydrogen-bond donors (Lipinski definition) is 2. The minimum absolute atomic E-state index is 0.0982. The summed E-state index contributed by atoms with van der Waals surface area (Å²) in [7, 11) is 0. The van der Waals surface area contributed by atoms with Gasteiger partial charge in [-0.2, -0.15) is 0 Å². The molecule has 29 heavy (non-hydrogen) atoms. The highest BCUT2D eigenvalue weighted by molar-refractivity contribution is 5.94. The second-order valence-electron chi connectivity index (χ2n) is 6.14. The van der Waals surface area contributed by atoms with Crippen molar-refractivity contribution in [2.75, 3.05) is 23.8 Å². The van der Waals surface area contributed by atoms with Crippen molar-refractivity contribution >= 4 is 23.3 Å². The van der Waals surface area contributed by atoms with E-state index < -0.39 is 0 Å². The number of rotatable bonds is 8. The van der Waals surface area contributed by atoms with E-state index in [1.54, 1.807) is 55.5 Å². The lowest BCUT2D eigenvalue weighted by atomic mass is 10.2. The normalized spacial score (nSPS) is 10.1. The molecule has 0 aromatic heterocycles. The summed E-state index contributed by atoms with van der Waals surface area (Å²) in [5, 5.41) is 5.84. The molecule has 0 heterocycles. The quantitative estimate of drug-likeness (QED) is 0.545. The Kier molecular flexibility index (Phi) is 6.84. The first kappa shape index (κ1) is 19.9. The lowest BCUT2D eigenvalue weighted by Gasteiger charge is -2.10. The van der Waals surface area contributed by atoms with Crippen LogP contribution >= 0.6 is 0 Å². The van der Waals surface area contributed by atoms with E-state index in [1.165, 1.54) is 0 Å². The topological polar surface area (TPSA) is 76.7 Å². The van der Waals surface area contributed by atoms with Crippen molar-refractivity contribution in [3.05, 3.63) is 84.4 Å².